The van der Waals surface area contributed by atoms with Gasteiger partial charge in [-0.1, -0.05) is 200 Å². The van der Waals surface area contributed by atoms with Gasteiger partial charge in [-0.25, -0.2) is 53.3 Å². The quantitative estimate of drug-likeness (QED) is 0.0458. The second-order valence-electron chi connectivity index (χ2n) is 34.2. The summed E-state index contributed by atoms with van der Waals surface area (Å²) in [4.78, 5) is 103. The first kappa shape index (κ1) is 91.9. The van der Waals surface area contributed by atoms with Crippen LogP contribution >= 0.6 is 11.6 Å². The van der Waals surface area contributed by atoms with E-state index in [1.165, 1.54) is 38.5 Å². The highest BCUT2D eigenvalue weighted by molar-refractivity contribution is 6.32. The standard InChI is InChI=1S/C27H18N2O2.C24H17ClN2O2.C24H17FN2O2.C24H17N3O4.C21H15N3O2/c1-31-27(30)24-22-15-6-7-16-29(22)26-23(24)20-12-4-5-14-21(20)28-25(26)19-13-8-10-17-9-2-3-11-18(17)19;2*1-2-29-24(28)21-19-12-5-6-13-27(19)23-20(21)17-10-3-4-11-18(17)26-22(23)15-8-7-9-16(25)14-15;1-2-31-24(28)21-19-9-5-6-14-26(19)23-20(21)17-7-3-4-8-18(17)25-22(23)15-10-12-16(13-11-15)27(29)30;1-26-21(25)18-16-10-4-5-12-24(16)20-17(18)13-7-2-3-8-14(13)23-19(20)15-9-6-11-22-15/h2-16H,1H3;2*3-14H,2H2,1H3;3-14H,2H2,1H3;2-12,22H,1H3. The van der Waals surface area contributed by atoms with Crippen LogP contribution in [0.4, 0.5) is 10.1 Å². The first-order chi connectivity index (χ1) is 71.5. The molecule has 146 heavy (non-hydrogen) atoms. The Morgan fingerprint density at radius 1 is 0.329 bits per heavy atom. The summed E-state index contributed by atoms with van der Waals surface area (Å²) in [7, 11) is 2.84. The van der Waals surface area contributed by atoms with Crippen molar-refractivity contribution in [3.05, 3.63) is 426 Å². The fraction of sp³-hybridized carbons (Fsp3) is 0.0667. The predicted molar refractivity (Wildman–Crippen MR) is 572 cm³/mol. The van der Waals surface area contributed by atoms with E-state index in [0.717, 1.165) is 187 Å². The SMILES string of the molecule is CCOC(=O)c1c2c3ccccc3nc(-c3ccc([N+](=O)[O-])cc3)c2n2ccccc12.CCOC(=O)c1c2c3ccccc3nc(-c3cccc(Cl)c3)c2n2ccccc12.CCOC(=O)c1c2c3ccccc3nc(-c3cccc(F)c3)c2n2ccccc12.COC(=O)c1c2c3ccccc3nc(-c3ccc[nH]3)c2n2ccccc12.COC(=O)c1c2c3ccccc3nc(-c3cccc4ccccc34)c2n2ccccc12. The van der Waals surface area contributed by atoms with Gasteiger partial charge >= 0.3 is 29.8 Å². The number of methoxy groups -OCH3 is 2. The number of pyridine rings is 10. The maximum absolute atomic E-state index is 14.0. The lowest BCUT2D eigenvalue weighted by Gasteiger charge is -2.11. The molecule has 0 fully saturated rings. The molecule has 10 aromatic carbocycles. The number of fused-ring (bicyclic) bond motifs is 26. The molecule has 0 aliphatic rings. The van der Waals surface area contributed by atoms with E-state index >= 15 is 0 Å². The number of H-pyrrole nitrogens is 1. The van der Waals surface area contributed by atoms with Crippen LogP contribution in [0.25, 0.3) is 204 Å². The molecule has 26 heteroatoms. The van der Waals surface area contributed by atoms with Crippen molar-refractivity contribution in [3.63, 3.8) is 0 Å². The van der Waals surface area contributed by atoms with E-state index in [9.17, 15) is 38.5 Å². The van der Waals surface area contributed by atoms with Crippen molar-refractivity contribution in [2.75, 3.05) is 34.0 Å². The largest absolute Gasteiger partial charge is 0.465 e. The van der Waals surface area contributed by atoms with Gasteiger partial charge in [0, 0.05) is 130 Å². The number of hydrogen-bond acceptors (Lipinski definition) is 17. The molecule has 26 rings (SSSR count). The van der Waals surface area contributed by atoms with Crippen LogP contribution in [-0.2, 0) is 23.7 Å². The van der Waals surface area contributed by atoms with Crippen LogP contribution < -0.4 is 0 Å². The van der Waals surface area contributed by atoms with E-state index in [2.05, 4.69) is 39.7 Å². The summed E-state index contributed by atoms with van der Waals surface area (Å²) in [5.41, 5.74) is 22.6. The lowest BCUT2D eigenvalue weighted by Crippen LogP contribution is -2.04. The van der Waals surface area contributed by atoms with Crippen molar-refractivity contribution in [2.24, 2.45) is 0 Å². The lowest BCUT2D eigenvalue weighted by atomic mass is 9.98. The number of nitro groups is 1. The highest BCUT2D eigenvalue weighted by atomic mass is 35.5. The highest BCUT2D eigenvalue weighted by Gasteiger charge is 2.33. The number of hydrogen-bond donors (Lipinski definition) is 1. The summed E-state index contributed by atoms with van der Waals surface area (Å²) < 4.78 is 50.5. The molecule has 0 spiro atoms. The van der Waals surface area contributed by atoms with Crippen molar-refractivity contribution in [3.8, 4) is 56.4 Å². The third-order valence-corrected chi connectivity index (χ3v) is 26.3. The number of nitrogens with zero attached hydrogens (tertiary/aromatic N) is 11. The molecule has 16 heterocycles. The average molecular weight is 1940 g/mol. The summed E-state index contributed by atoms with van der Waals surface area (Å²) >= 11 is 6.27. The van der Waals surface area contributed by atoms with Crippen LogP contribution in [0.5, 0.6) is 0 Å². The molecule has 26 aromatic rings. The normalized spacial score (nSPS) is 11.4. The monoisotopic (exact) mass is 1940 g/mol. The molecule has 24 nitrogen and oxygen atoms in total. The van der Waals surface area contributed by atoms with Gasteiger partial charge in [-0.15, -0.1) is 0 Å². The number of rotatable bonds is 14. The second-order valence-corrected chi connectivity index (χ2v) is 34.7. The van der Waals surface area contributed by atoms with E-state index in [-0.39, 0.29) is 48.6 Å². The molecule has 0 saturated carbocycles. The van der Waals surface area contributed by atoms with Gasteiger partial charge in [0.25, 0.3) is 5.69 Å². The summed E-state index contributed by atoms with van der Waals surface area (Å²) in [5.74, 6) is -2.15. The minimum atomic E-state index is -0.432. The van der Waals surface area contributed by atoms with Gasteiger partial charge in [0.05, 0.1) is 178 Å². The lowest BCUT2D eigenvalue weighted by molar-refractivity contribution is -0.384. The number of esters is 5. The summed E-state index contributed by atoms with van der Waals surface area (Å²) in [6, 6.07) is 106. The smallest absolute Gasteiger partial charge is 0.340 e. The maximum atomic E-state index is 14.0. The van der Waals surface area contributed by atoms with E-state index in [0.29, 0.717) is 56.4 Å². The fourth-order valence-corrected chi connectivity index (χ4v) is 20.2. The van der Waals surface area contributed by atoms with E-state index in [1.54, 1.807) is 32.0 Å². The van der Waals surface area contributed by atoms with Crippen LogP contribution in [0.3, 0.4) is 0 Å². The number of nitro benzene ring substituents is 1. The number of nitrogens with one attached hydrogen (secondary N) is 1. The average Bonchev–Trinajstić information content (AvgIpc) is 1.57. The molecule has 0 aliphatic heterocycles. The van der Waals surface area contributed by atoms with Crippen LogP contribution in [0.2, 0.25) is 5.02 Å². The van der Waals surface area contributed by atoms with Crippen LogP contribution in [0.1, 0.15) is 72.6 Å². The number of ether oxygens (including phenoxy) is 5. The zero-order valence-corrected chi connectivity index (χ0v) is 79.7. The number of non-ortho nitro benzene ring substituents is 1. The van der Waals surface area contributed by atoms with E-state index in [1.807, 2.05) is 329 Å². The Morgan fingerprint density at radius 2 is 0.644 bits per heavy atom. The third-order valence-electron chi connectivity index (χ3n) is 26.0. The molecule has 0 unspecified atom stereocenters. The topological polar surface area (TPSA) is 277 Å². The molecule has 0 bridgehead atoms. The first-order valence-electron chi connectivity index (χ1n) is 47.2. The molecule has 0 aliphatic carbocycles. The van der Waals surface area contributed by atoms with Crippen molar-refractivity contribution in [1.29, 1.82) is 0 Å². The minimum absolute atomic E-state index is 0.00742. The van der Waals surface area contributed by atoms with Gasteiger partial charge in [-0.05, 0) is 171 Å². The van der Waals surface area contributed by atoms with Crippen molar-refractivity contribution in [1.82, 2.24) is 51.9 Å². The maximum Gasteiger partial charge on any atom is 0.340 e. The molecular weight excluding hydrogens is 1860 g/mol. The van der Waals surface area contributed by atoms with Crippen molar-refractivity contribution in [2.45, 2.75) is 20.8 Å². The predicted octanol–water partition coefficient (Wildman–Crippen LogP) is 27.8. The van der Waals surface area contributed by atoms with Crippen LogP contribution in [0.15, 0.2) is 377 Å². The Morgan fingerprint density at radius 3 is 1.01 bits per heavy atom. The summed E-state index contributed by atoms with van der Waals surface area (Å²) in [5, 5.41) is 22.6. The number of aromatic amines is 1. The number of halogens is 2. The van der Waals surface area contributed by atoms with Crippen molar-refractivity contribution < 1.29 is 57.0 Å². The highest BCUT2D eigenvalue weighted by Crippen LogP contribution is 2.47. The molecule has 0 saturated heterocycles. The summed E-state index contributed by atoms with van der Waals surface area (Å²) in [6.45, 7) is 6.24. The van der Waals surface area contributed by atoms with Crippen molar-refractivity contribution >= 4 is 195 Å². The summed E-state index contributed by atoms with van der Waals surface area (Å²) in [6.07, 6.45) is 11.5. The Kier molecular flexibility index (Phi) is 24.4. The fourth-order valence-electron chi connectivity index (χ4n) is 20.0. The first-order valence-corrected chi connectivity index (χ1v) is 47.6. The third kappa shape index (κ3) is 16.0. The van der Waals surface area contributed by atoms with Crippen LogP contribution in [0, 0.1) is 15.9 Å². The van der Waals surface area contributed by atoms with Crippen LogP contribution in [-0.4, -0.2) is 121 Å². The molecule has 0 atom stereocenters. The number of para-hydroxylation sites is 5. The van der Waals surface area contributed by atoms with Gasteiger partial charge in [0.1, 0.15) is 11.5 Å². The zero-order valence-electron chi connectivity index (χ0n) is 79.0. The Hall–Kier alpha value is -19.1. The van der Waals surface area contributed by atoms with Gasteiger partial charge < -0.3 is 50.7 Å². The molecule has 16 aromatic heterocycles. The zero-order chi connectivity index (χ0) is 100. The van der Waals surface area contributed by atoms with E-state index < -0.39 is 10.9 Å². The Bertz CT molecular complexity index is 9600. The number of aromatic nitrogens is 11. The minimum Gasteiger partial charge on any atom is -0.465 e. The van der Waals surface area contributed by atoms with Gasteiger partial charge in [0.15, 0.2) is 0 Å². The van der Waals surface area contributed by atoms with E-state index in [4.69, 9.17) is 60.2 Å². The van der Waals surface area contributed by atoms with Gasteiger partial charge in [-0.2, -0.15) is 0 Å². The molecule has 0 amide bonds. The number of carbonyl (C=O) groups excluding carboxylic acids is 5. The second kappa shape index (κ2) is 38.8. The van der Waals surface area contributed by atoms with Gasteiger partial charge in [-0.3, -0.25) is 10.1 Å². The molecule has 0 radical (unpaired) electrons. The number of benzene rings is 10. The molecule has 1 N–H and O–H groups in total. The molecule has 710 valence electrons. The number of carbonyl (C=O) groups is 5. The Balaban J connectivity index is 0.000000104. The molecular formula is C120H84ClFN12O12. The van der Waals surface area contributed by atoms with Gasteiger partial charge in [0.2, 0.25) is 0 Å². The Labute approximate surface area is 835 Å².